The Labute approximate surface area is 96.5 Å². The van der Waals surface area contributed by atoms with Crippen LogP contribution in [0.4, 0.5) is 0 Å². The summed E-state index contributed by atoms with van der Waals surface area (Å²) >= 11 is 0.338. The molecule has 1 fully saturated rings. The summed E-state index contributed by atoms with van der Waals surface area (Å²) in [5.74, 6) is 0.315. The Hall–Kier alpha value is -0.341. The molecule has 3 atom stereocenters. The van der Waals surface area contributed by atoms with Crippen LogP contribution < -0.4 is 4.46 Å². The summed E-state index contributed by atoms with van der Waals surface area (Å²) < 4.78 is 1.34. The molecule has 82 valence electrons. The molecule has 0 amide bonds. The molecule has 0 aliphatic heterocycles. The van der Waals surface area contributed by atoms with Gasteiger partial charge in [-0.25, -0.2) is 0 Å². The van der Waals surface area contributed by atoms with Crippen LogP contribution >= 0.6 is 0 Å². The van der Waals surface area contributed by atoms with Crippen molar-refractivity contribution in [3.8, 4) is 0 Å². The first-order chi connectivity index (χ1) is 7.29. The molecule has 1 aromatic rings. The van der Waals surface area contributed by atoms with E-state index in [0.717, 1.165) is 12.8 Å². The van der Waals surface area contributed by atoms with E-state index in [2.05, 4.69) is 12.1 Å². The van der Waals surface area contributed by atoms with E-state index in [1.807, 2.05) is 18.2 Å². The van der Waals surface area contributed by atoms with Crippen molar-refractivity contribution in [3.05, 3.63) is 30.3 Å². The molecule has 0 spiro atoms. The minimum absolute atomic E-state index is 0.206. The van der Waals surface area contributed by atoms with Gasteiger partial charge >= 0.3 is 96.3 Å². The third kappa shape index (κ3) is 2.82. The Morgan fingerprint density at radius 1 is 1.20 bits per heavy atom. The Bertz CT molecular complexity index is 302. The SMILES string of the molecule is OCC1CC(O)C([Se]c2ccccc2)C1. The Morgan fingerprint density at radius 2 is 1.93 bits per heavy atom. The van der Waals surface area contributed by atoms with Crippen LogP contribution in [0.2, 0.25) is 4.82 Å². The number of hydrogen-bond donors (Lipinski definition) is 2. The first kappa shape index (κ1) is 11.2. The van der Waals surface area contributed by atoms with Crippen LogP contribution in [0.25, 0.3) is 0 Å². The van der Waals surface area contributed by atoms with Crippen molar-refractivity contribution in [2.45, 2.75) is 23.8 Å². The molecule has 0 bridgehead atoms. The fraction of sp³-hybridized carbons (Fsp3) is 0.500. The summed E-state index contributed by atoms with van der Waals surface area (Å²) in [6.07, 6.45) is 1.55. The van der Waals surface area contributed by atoms with Gasteiger partial charge in [-0.05, 0) is 0 Å². The second kappa shape index (κ2) is 5.13. The van der Waals surface area contributed by atoms with Crippen LogP contribution in [-0.2, 0) is 0 Å². The van der Waals surface area contributed by atoms with Gasteiger partial charge in [0.25, 0.3) is 0 Å². The van der Waals surface area contributed by atoms with E-state index in [1.54, 1.807) is 0 Å². The van der Waals surface area contributed by atoms with Crippen LogP contribution in [0.5, 0.6) is 0 Å². The van der Waals surface area contributed by atoms with E-state index in [1.165, 1.54) is 4.46 Å². The summed E-state index contributed by atoms with van der Waals surface area (Å²) in [5, 5.41) is 18.9. The number of rotatable bonds is 3. The van der Waals surface area contributed by atoms with Crippen molar-refractivity contribution in [2.24, 2.45) is 5.92 Å². The van der Waals surface area contributed by atoms with Gasteiger partial charge < -0.3 is 0 Å². The van der Waals surface area contributed by atoms with Crippen LogP contribution in [-0.4, -0.2) is 37.9 Å². The zero-order valence-electron chi connectivity index (χ0n) is 8.54. The molecule has 0 heterocycles. The van der Waals surface area contributed by atoms with Gasteiger partial charge in [0.2, 0.25) is 0 Å². The maximum atomic E-state index is 9.86. The molecule has 0 aromatic heterocycles. The zero-order chi connectivity index (χ0) is 10.7. The number of aliphatic hydroxyl groups is 2. The fourth-order valence-electron chi connectivity index (χ4n) is 2.02. The average molecular weight is 271 g/mol. The summed E-state index contributed by atoms with van der Waals surface area (Å²) in [5.41, 5.74) is 0. The third-order valence-corrected chi connectivity index (χ3v) is 5.70. The summed E-state index contributed by atoms with van der Waals surface area (Å²) in [4.78, 5) is 0.386. The van der Waals surface area contributed by atoms with Crippen molar-refractivity contribution in [2.75, 3.05) is 6.61 Å². The van der Waals surface area contributed by atoms with Crippen molar-refractivity contribution in [1.82, 2.24) is 0 Å². The molecule has 2 rings (SSSR count). The van der Waals surface area contributed by atoms with Gasteiger partial charge in [0, 0.05) is 0 Å². The van der Waals surface area contributed by atoms with Gasteiger partial charge in [0.1, 0.15) is 0 Å². The molecule has 3 heteroatoms. The summed E-state index contributed by atoms with van der Waals surface area (Å²) in [6.45, 7) is 0.221. The van der Waals surface area contributed by atoms with E-state index in [-0.39, 0.29) is 12.7 Å². The van der Waals surface area contributed by atoms with Crippen molar-refractivity contribution in [3.63, 3.8) is 0 Å². The molecule has 1 aromatic carbocycles. The second-order valence-corrected chi connectivity index (χ2v) is 6.81. The number of aliphatic hydroxyl groups excluding tert-OH is 2. The second-order valence-electron chi connectivity index (χ2n) is 4.06. The van der Waals surface area contributed by atoms with Crippen LogP contribution in [0.1, 0.15) is 12.8 Å². The number of benzene rings is 1. The normalized spacial score (nSPS) is 30.7. The van der Waals surface area contributed by atoms with Gasteiger partial charge in [-0.15, -0.1) is 0 Å². The first-order valence-corrected chi connectivity index (χ1v) is 7.15. The van der Waals surface area contributed by atoms with Gasteiger partial charge in [0.05, 0.1) is 0 Å². The molecule has 1 saturated carbocycles. The standard InChI is InChI=1S/C12H16O2Se/c13-8-9-6-11(14)12(7-9)15-10-4-2-1-3-5-10/h1-5,9,11-14H,6-8H2. The van der Waals surface area contributed by atoms with Crippen LogP contribution in [0.3, 0.4) is 0 Å². The van der Waals surface area contributed by atoms with E-state index in [0.29, 0.717) is 25.7 Å². The molecule has 1 aliphatic carbocycles. The average Bonchev–Trinajstić information content (AvgIpc) is 2.61. The predicted octanol–water partition coefficient (Wildman–Crippen LogP) is 0.568. The van der Waals surface area contributed by atoms with E-state index in [4.69, 9.17) is 5.11 Å². The molecule has 2 N–H and O–H groups in total. The Morgan fingerprint density at radius 3 is 2.53 bits per heavy atom. The fourth-order valence-corrected chi connectivity index (χ4v) is 4.75. The predicted molar refractivity (Wildman–Crippen MR) is 61.4 cm³/mol. The van der Waals surface area contributed by atoms with Gasteiger partial charge in [-0.2, -0.15) is 0 Å². The van der Waals surface area contributed by atoms with Crippen molar-refractivity contribution >= 4 is 19.4 Å². The summed E-state index contributed by atoms with van der Waals surface area (Å²) in [7, 11) is 0. The van der Waals surface area contributed by atoms with Crippen molar-refractivity contribution in [1.29, 1.82) is 0 Å². The first-order valence-electron chi connectivity index (χ1n) is 5.30. The van der Waals surface area contributed by atoms with Crippen LogP contribution in [0, 0.1) is 5.92 Å². The molecule has 0 radical (unpaired) electrons. The summed E-state index contributed by atoms with van der Waals surface area (Å²) in [6, 6.07) is 10.4. The van der Waals surface area contributed by atoms with E-state index < -0.39 is 0 Å². The molecule has 3 unspecified atom stereocenters. The zero-order valence-corrected chi connectivity index (χ0v) is 10.3. The molecular weight excluding hydrogens is 255 g/mol. The maximum absolute atomic E-state index is 9.86. The van der Waals surface area contributed by atoms with E-state index in [9.17, 15) is 5.11 Å². The monoisotopic (exact) mass is 272 g/mol. The molecular formula is C12H16O2Se. The Kier molecular flexibility index (Phi) is 3.81. The van der Waals surface area contributed by atoms with Gasteiger partial charge in [-0.1, -0.05) is 0 Å². The number of hydrogen-bond acceptors (Lipinski definition) is 2. The van der Waals surface area contributed by atoms with Gasteiger partial charge in [0.15, 0.2) is 0 Å². The van der Waals surface area contributed by atoms with Crippen LogP contribution in [0.15, 0.2) is 30.3 Å². The molecule has 1 aliphatic rings. The third-order valence-electron chi connectivity index (χ3n) is 2.86. The quantitative estimate of drug-likeness (QED) is 0.789. The topological polar surface area (TPSA) is 40.5 Å². The Balaban J connectivity index is 1.96. The molecule has 2 nitrogen and oxygen atoms in total. The van der Waals surface area contributed by atoms with Gasteiger partial charge in [-0.3, -0.25) is 0 Å². The molecule has 0 saturated heterocycles. The molecule has 15 heavy (non-hydrogen) atoms. The minimum atomic E-state index is -0.206. The van der Waals surface area contributed by atoms with Crippen molar-refractivity contribution < 1.29 is 10.2 Å². The van der Waals surface area contributed by atoms with E-state index >= 15 is 0 Å².